The van der Waals surface area contributed by atoms with Crippen molar-refractivity contribution < 1.29 is 48.0 Å². The van der Waals surface area contributed by atoms with Gasteiger partial charge in [-0.1, -0.05) is 60.7 Å². The molecule has 326 valence electrons. The lowest BCUT2D eigenvalue weighted by molar-refractivity contribution is -0.142. The average molecular weight is 854 g/mol. The van der Waals surface area contributed by atoms with Gasteiger partial charge in [0.05, 0.1) is 12.4 Å². The number of nitrogens with two attached hydrogens (primary N) is 2. The summed E-state index contributed by atoms with van der Waals surface area (Å²) < 4.78 is 11.6. The number of unbranched alkanes of at least 4 members (excludes halogenated alkanes) is 1. The van der Waals surface area contributed by atoms with E-state index in [1.807, 2.05) is 0 Å². The molecule has 7 atom stereocenters. The number of hydrogen-bond donors (Lipinski definition) is 10. The van der Waals surface area contributed by atoms with E-state index in [-0.39, 0.29) is 44.3 Å². The molecule has 60 heavy (non-hydrogen) atoms. The highest BCUT2D eigenvalue weighted by Crippen LogP contribution is 2.11. The highest BCUT2D eigenvalue weighted by molar-refractivity contribution is 7.84. The third kappa shape index (κ3) is 17.5. The zero-order valence-corrected chi connectivity index (χ0v) is 34.2. The summed E-state index contributed by atoms with van der Waals surface area (Å²) in [5.74, 6) is -6.51. The Morgan fingerprint density at radius 1 is 0.667 bits per heavy atom. The van der Waals surface area contributed by atoms with Crippen molar-refractivity contribution in [1.29, 1.82) is 0 Å². The predicted molar refractivity (Wildman–Crippen MR) is 221 cm³/mol. The molecule has 3 rings (SSSR count). The van der Waals surface area contributed by atoms with Gasteiger partial charge in [-0.05, 0) is 49.8 Å². The molecule has 19 nitrogen and oxygen atoms in total. The molecule has 0 bridgehead atoms. The number of aliphatic carboxylic acids is 2. The fourth-order valence-corrected chi connectivity index (χ4v) is 6.61. The van der Waals surface area contributed by atoms with E-state index in [0.717, 1.165) is 0 Å². The van der Waals surface area contributed by atoms with Gasteiger partial charge in [-0.25, -0.2) is 9.78 Å². The quantitative estimate of drug-likeness (QED) is 0.0414. The lowest BCUT2D eigenvalue weighted by Gasteiger charge is -2.27. The summed E-state index contributed by atoms with van der Waals surface area (Å²) in [5, 5.41) is 32.2. The maximum atomic E-state index is 14.2. The first kappa shape index (κ1) is 48.4. The maximum absolute atomic E-state index is 14.2. The van der Waals surface area contributed by atoms with E-state index < -0.39 is 94.9 Å². The van der Waals surface area contributed by atoms with Crippen LogP contribution >= 0.6 is 0 Å². The van der Waals surface area contributed by atoms with Crippen LogP contribution in [0.5, 0.6) is 0 Å². The average Bonchev–Trinajstić information content (AvgIpc) is 3.74. The molecule has 20 heteroatoms. The Bertz CT molecular complexity index is 1890. The van der Waals surface area contributed by atoms with Crippen molar-refractivity contribution >= 4 is 52.3 Å². The normalized spacial score (nSPS) is 14.5. The van der Waals surface area contributed by atoms with Gasteiger partial charge in [0.15, 0.2) is 0 Å². The van der Waals surface area contributed by atoms with Gasteiger partial charge in [-0.2, -0.15) is 0 Å². The topological polar surface area (TPSA) is 318 Å². The van der Waals surface area contributed by atoms with Crippen LogP contribution in [0.15, 0.2) is 73.2 Å². The molecule has 0 saturated heterocycles. The molecule has 5 amide bonds. The van der Waals surface area contributed by atoms with Crippen molar-refractivity contribution in [1.82, 2.24) is 36.6 Å². The molecular weight excluding hydrogens is 799 g/mol. The van der Waals surface area contributed by atoms with Crippen LogP contribution < -0.4 is 38.1 Å². The number of carbonyl (C=O) groups excluding carboxylic acids is 5. The van der Waals surface area contributed by atoms with Crippen molar-refractivity contribution in [2.75, 3.05) is 18.6 Å². The van der Waals surface area contributed by atoms with Crippen LogP contribution in [-0.2, 0) is 63.6 Å². The number of carbonyl (C=O) groups is 7. The fourth-order valence-electron chi connectivity index (χ4n) is 6.02. The van der Waals surface area contributed by atoms with E-state index in [1.54, 1.807) is 60.7 Å². The SMILES string of the molecule is CS(=O)CCC(N)C(=O)NC(CCC(=O)O)C(=O)NC(Cc1cnc[nH]1)C(=O)NC(Cc1ccccc1)C(=O)NC(CCCCN)C(=O)NC(Cc1ccccc1)C(=O)O. The first-order valence-corrected chi connectivity index (χ1v) is 21.2. The van der Waals surface area contributed by atoms with Gasteiger partial charge >= 0.3 is 11.9 Å². The summed E-state index contributed by atoms with van der Waals surface area (Å²) in [6.45, 7) is 0.304. The number of nitrogens with one attached hydrogen (secondary N) is 6. The van der Waals surface area contributed by atoms with Crippen molar-refractivity contribution in [2.24, 2.45) is 11.5 Å². The van der Waals surface area contributed by atoms with Crippen LogP contribution in [-0.4, -0.2) is 121 Å². The standard InChI is InChI=1S/C40H55N9O10S/c1-60(59)19-17-28(42)35(52)45-30(15-16-34(50)51)37(54)48-32(22-27-23-43-24-44-27)39(56)47-31(20-25-10-4-2-5-11-25)38(55)46-29(14-8-9-18-41)36(53)49-33(40(57)58)21-26-12-6-3-7-13-26/h2-7,10-13,23-24,28-33H,8-9,14-22,41-42H2,1H3,(H,43,44)(H,45,52)(H,46,55)(H,47,56)(H,48,54)(H,49,53)(H,50,51)(H,57,58). The second kappa shape index (κ2) is 25.5. The van der Waals surface area contributed by atoms with Crippen LogP contribution in [0.25, 0.3) is 0 Å². The number of benzene rings is 2. The third-order valence-electron chi connectivity index (χ3n) is 9.34. The van der Waals surface area contributed by atoms with Crippen LogP contribution in [0.4, 0.5) is 0 Å². The second-order valence-electron chi connectivity index (χ2n) is 14.2. The molecule has 0 aliphatic heterocycles. The minimum absolute atomic E-state index is 0.0177. The monoisotopic (exact) mass is 853 g/mol. The van der Waals surface area contributed by atoms with Gasteiger partial charge in [0.1, 0.15) is 30.2 Å². The molecule has 1 aromatic heterocycles. The van der Waals surface area contributed by atoms with Gasteiger partial charge < -0.3 is 53.2 Å². The number of aromatic amines is 1. The van der Waals surface area contributed by atoms with Crippen molar-refractivity contribution in [3.05, 3.63) is 90.0 Å². The van der Waals surface area contributed by atoms with Crippen molar-refractivity contribution in [3.63, 3.8) is 0 Å². The number of carboxylic acids is 2. The molecule has 3 aromatic rings. The highest BCUT2D eigenvalue weighted by Gasteiger charge is 2.33. The number of H-pyrrole nitrogens is 1. The molecule has 1 heterocycles. The van der Waals surface area contributed by atoms with E-state index in [4.69, 9.17) is 11.5 Å². The Morgan fingerprint density at radius 3 is 1.65 bits per heavy atom. The summed E-state index contributed by atoms with van der Waals surface area (Å²) in [6.07, 6.45) is 4.09. The van der Waals surface area contributed by atoms with Crippen LogP contribution in [0.2, 0.25) is 0 Å². The Kier molecular flexibility index (Phi) is 20.5. The van der Waals surface area contributed by atoms with Gasteiger partial charge in [0, 0.05) is 60.4 Å². The summed E-state index contributed by atoms with van der Waals surface area (Å²) >= 11 is 0. The molecule has 0 saturated carbocycles. The number of rotatable bonds is 27. The molecule has 0 fully saturated rings. The zero-order chi connectivity index (χ0) is 44.0. The number of amides is 5. The Morgan fingerprint density at radius 2 is 1.15 bits per heavy atom. The van der Waals surface area contributed by atoms with E-state index in [1.165, 1.54) is 18.8 Å². The Labute approximate surface area is 350 Å². The minimum Gasteiger partial charge on any atom is -0.481 e. The lowest BCUT2D eigenvalue weighted by Crippen LogP contribution is -2.60. The Hall–Kier alpha value is -5.99. The molecule has 0 aliphatic rings. The number of aromatic nitrogens is 2. The second-order valence-corrected chi connectivity index (χ2v) is 15.7. The highest BCUT2D eigenvalue weighted by atomic mass is 32.2. The van der Waals surface area contributed by atoms with Crippen LogP contribution in [0.1, 0.15) is 55.3 Å². The van der Waals surface area contributed by atoms with Gasteiger partial charge in [0.25, 0.3) is 0 Å². The van der Waals surface area contributed by atoms with Crippen molar-refractivity contribution in [2.45, 2.75) is 94.0 Å². The van der Waals surface area contributed by atoms with Crippen LogP contribution in [0, 0.1) is 0 Å². The largest absolute Gasteiger partial charge is 0.481 e. The van der Waals surface area contributed by atoms with Gasteiger partial charge in [0.2, 0.25) is 29.5 Å². The number of hydrogen-bond acceptors (Lipinski definition) is 11. The summed E-state index contributed by atoms with van der Waals surface area (Å²) in [6, 6.07) is 9.48. The molecule has 2 aromatic carbocycles. The summed E-state index contributed by atoms with van der Waals surface area (Å²) in [4.78, 5) is 99.2. The third-order valence-corrected chi connectivity index (χ3v) is 10.1. The fraction of sp³-hybridized carbons (Fsp3) is 0.450. The molecule has 0 radical (unpaired) electrons. The van der Waals surface area contributed by atoms with Crippen LogP contribution in [0.3, 0.4) is 0 Å². The number of carboxylic acid groups (broad SMARTS) is 2. The maximum Gasteiger partial charge on any atom is 0.326 e. The van der Waals surface area contributed by atoms with E-state index in [0.29, 0.717) is 36.2 Å². The predicted octanol–water partition coefficient (Wildman–Crippen LogP) is -0.964. The van der Waals surface area contributed by atoms with E-state index in [2.05, 4.69) is 36.6 Å². The van der Waals surface area contributed by atoms with E-state index in [9.17, 15) is 48.0 Å². The smallest absolute Gasteiger partial charge is 0.326 e. The van der Waals surface area contributed by atoms with E-state index >= 15 is 0 Å². The first-order valence-electron chi connectivity index (χ1n) is 19.4. The molecule has 0 aliphatic carbocycles. The summed E-state index contributed by atoms with van der Waals surface area (Å²) in [7, 11) is -1.25. The zero-order valence-electron chi connectivity index (χ0n) is 33.3. The number of nitrogens with zero attached hydrogens (tertiary/aromatic N) is 1. The first-order chi connectivity index (χ1) is 28.7. The molecule has 7 unspecified atom stereocenters. The molecular formula is C40H55N9O10S. The Balaban J connectivity index is 1.89. The molecule has 12 N–H and O–H groups in total. The summed E-state index contributed by atoms with van der Waals surface area (Å²) in [5.41, 5.74) is 13.3. The lowest BCUT2D eigenvalue weighted by atomic mass is 10.0. The van der Waals surface area contributed by atoms with Gasteiger partial charge in [-0.15, -0.1) is 0 Å². The minimum atomic E-state index is -1.45. The molecule has 0 spiro atoms. The van der Waals surface area contributed by atoms with Gasteiger partial charge in [-0.3, -0.25) is 33.0 Å². The van der Waals surface area contributed by atoms with Crippen molar-refractivity contribution in [3.8, 4) is 0 Å². The number of imidazole rings is 1.